The van der Waals surface area contributed by atoms with Crippen molar-refractivity contribution in [1.29, 1.82) is 0 Å². The highest BCUT2D eigenvalue weighted by Gasteiger charge is 2.22. The van der Waals surface area contributed by atoms with E-state index in [4.69, 9.17) is 9.47 Å². The highest BCUT2D eigenvalue weighted by molar-refractivity contribution is 6.00. The van der Waals surface area contributed by atoms with E-state index in [0.717, 1.165) is 11.1 Å². The van der Waals surface area contributed by atoms with Crippen LogP contribution in [0.15, 0.2) is 42.6 Å². The first-order valence-corrected chi connectivity index (χ1v) is 8.64. The normalized spacial score (nSPS) is 10.6. The molecular weight excluding hydrogens is 346 g/mol. The van der Waals surface area contributed by atoms with Crippen LogP contribution in [0, 0.1) is 13.8 Å². The number of imidazole rings is 1. The number of ether oxygens (including phenoxy) is 2. The van der Waals surface area contributed by atoms with Gasteiger partial charge in [-0.15, -0.1) is 0 Å². The number of esters is 1. The molecule has 0 aliphatic heterocycles. The van der Waals surface area contributed by atoms with Gasteiger partial charge in [-0.1, -0.05) is 18.2 Å². The predicted molar refractivity (Wildman–Crippen MR) is 101 cm³/mol. The number of carbonyl (C=O) groups excluding carboxylic acids is 2. The predicted octanol–water partition coefficient (Wildman–Crippen LogP) is 3.15. The second kappa shape index (κ2) is 7.90. The molecule has 7 nitrogen and oxygen atoms in total. The van der Waals surface area contributed by atoms with E-state index in [2.05, 4.69) is 10.3 Å². The van der Waals surface area contributed by atoms with Crippen molar-refractivity contribution >= 4 is 23.3 Å². The van der Waals surface area contributed by atoms with Crippen LogP contribution in [0.25, 0.3) is 5.65 Å². The molecule has 2 heterocycles. The highest BCUT2D eigenvalue weighted by Crippen LogP contribution is 2.21. The van der Waals surface area contributed by atoms with Gasteiger partial charge in [0.1, 0.15) is 11.4 Å². The van der Waals surface area contributed by atoms with E-state index in [9.17, 15) is 9.59 Å². The first-order chi connectivity index (χ1) is 13.0. The maximum Gasteiger partial charge on any atom is 0.360 e. The van der Waals surface area contributed by atoms with Gasteiger partial charge in [-0.3, -0.25) is 9.20 Å². The molecule has 3 aromatic rings. The molecule has 3 rings (SSSR count). The number of nitrogens with one attached hydrogen (secondary N) is 1. The summed E-state index contributed by atoms with van der Waals surface area (Å²) in [7, 11) is 0. The molecule has 0 spiro atoms. The van der Waals surface area contributed by atoms with Crippen LogP contribution in [-0.4, -0.2) is 34.5 Å². The Morgan fingerprint density at radius 2 is 1.96 bits per heavy atom. The number of hydrogen-bond acceptors (Lipinski definition) is 5. The summed E-state index contributed by atoms with van der Waals surface area (Å²) in [5.74, 6) is -0.0772. The van der Waals surface area contributed by atoms with E-state index in [1.165, 1.54) is 0 Å². The van der Waals surface area contributed by atoms with Gasteiger partial charge < -0.3 is 14.8 Å². The number of amides is 1. The first-order valence-electron chi connectivity index (χ1n) is 8.64. The van der Waals surface area contributed by atoms with Gasteiger partial charge in [-0.2, -0.15) is 0 Å². The van der Waals surface area contributed by atoms with E-state index in [1.54, 1.807) is 35.7 Å². The number of rotatable bonds is 6. The SMILES string of the molecule is CCOC(=O)c1nc2ccccn2c1NC(=O)COc1cccc(C)c1C. The summed E-state index contributed by atoms with van der Waals surface area (Å²) < 4.78 is 12.3. The quantitative estimate of drug-likeness (QED) is 0.677. The lowest BCUT2D eigenvalue weighted by Gasteiger charge is -2.11. The summed E-state index contributed by atoms with van der Waals surface area (Å²) in [6.07, 6.45) is 1.71. The van der Waals surface area contributed by atoms with Gasteiger partial charge in [0.2, 0.25) is 0 Å². The summed E-state index contributed by atoms with van der Waals surface area (Å²) in [6.45, 7) is 5.66. The van der Waals surface area contributed by atoms with Gasteiger partial charge >= 0.3 is 5.97 Å². The number of aromatic nitrogens is 2. The molecule has 0 fully saturated rings. The Morgan fingerprint density at radius 3 is 2.74 bits per heavy atom. The van der Waals surface area contributed by atoms with Crippen molar-refractivity contribution in [2.24, 2.45) is 0 Å². The average molecular weight is 367 g/mol. The molecule has 1 amide bonds. The van der Waals surface area contributed by atoms with E-state index in [-0.39, 0.29) is 24.7 Å². The summed E-state index contributed by atoms with van der Waals surface area (Å²) in [6, 6.07) is 11.0. The first kappa shape index (κ1) is 18.4. The molecule has 0 saturated carbocycles. The summed E-state index contributed by atoms with van der Waals surface area (Å²) >= 11 is 0. The van der Waals surface area contributed by atoms with Gasteiger partial charge in [-0.05, 0) is 50.1 Å². The molecule has 140 valence electrons. The van der Waals surface area contributed by atoms with Gasteiger partial charge in [-0.25, -0.2) is 9.78 Å². The molecule has 1 N–H and O–H groups in total. The monoisotopic (exact) mass is 367 g/mol. The molecule has 0 aliphatic rings. The highest BCUT2D eigenvalue weighted by atomic mass is 16.5. The minimum atomic E-state index is -0.591. The lowest BCUT2D eigenvalue weighted by atomic mass is 10.1. The Hall–Kier alpha value is -3.35. The number of fused-ring (bicyclic) bond motifs is 1. The van der Waals surface area contributed by atoms with Crippen LogP contribution in [0.2, 0.25) is 0 Å². The van der Waals surface area contributed by atoms with Crippen LogP contribution < -0.4 is 10.1 Å². The second-order valence-corrected chi connectivity index (χ2v) is 5.99. The Balaban J connectivity index is 1.80. The average Bonchev–Trinajstić information content (AvgIpc) is 3.02. The number of anilines is 1. The Morgan fingerprint density at radius 1 is 1.15 bits per heavy atom. The maximum absolute atomic E-state index is 12.4. The summed E-state index contributed by atoms with van der Waals surface area (Å²) in [5.41, 5.74) is 2.65. The molecule has 1 aromatic carbocycles. The zero-order valence-electron chi connectivity index (χ0n) is 15.5. The Kier molecular flexibility index (Phi) is 5.40. The van der Waals surface area contributed by atoms with E-state index >= 15 is 0 Å². The largest absolute Gasteiger partial charge is 0.483 e. The van der Waals surface area contributed by atoms with E-state index in [0.29, 0.717) is 11.4 Å². The standard InChI is InChI=1S/C20H21N3O4/c1-4-26-20(25)18-19(23-11-6-5-10-16(23)21-18)22-17(24)12-27-15-9-7-8-13(2)14(15)3/h5-11H,4,12H2,1-3H3,(H,22,24). The minimum absolute atomic E-state index is 0.0585. The summed E-state index contributed by atoms with van der Waals surface area (Å²) in [4.78, 5) is 28.9. The van der Waals surface area contributed by atoms with Crippen LogP contribution in [-0.2, 0) is 9.53 Å². The van der Waals surface area contributed by atoms with Crippen molar-refractivity contribution < 1.29 is 19.1 Å². The third kappa shape index (κ3) is 3.92. The smallest absolute Gasteiger partial charge is 0.360 e. The lowest BCUT2D eigenvalue weighted by molar-refractivity contribution is -0.118. The number of carbonyl (C=O) groups is 2. The number of aryl methyl sites for hydroxylation is 1. The topological polar surface area (TPSA) is 81.9 Å². The van der Waals surface area contributed by atoms with Gasteiger partial charge in [0.25, 0.3) is 5.91 Å². The molecular formula is C20H21N3O4. The van der Waals surface area contributed by atoms with Crippen molar-refractivity contribution in [3.8, 4) is 5.75 Å². The van der Waals surface area contributed by atoms with Crippen molar-refractivity contribution in [3.63, 3.8) is 0 Å². The third-order valence-electron chi connectivity index (χ3n) is 4.17. The zero-order valence-corrected chi connectivity index (χ0v) is 15.5. The second-order valence-electron chi connectivity index (χ2n) is 5.99. The number of hydrogen-bond donors (Lipinski definition) is 1. The fraction of sp³-hybridized carbons (Fsp3) is 0.250. The molecule has 0 aliphatic carbocycles. The van der Waals surface area contributed by atoms with Crippen LogP contribution in [0.4, 0.5) is 5.82 Å². The van der Waals surface area contributed by atoms with Crippen LogP contribution >= 0.6 is 0 Å². The molecule has 0 atom stereocenters. The van der Waals surface area contributed by atoms with Gasteiger partial charge in [0.15, 0.2) is 18.1 Å². The maximum atomic E-state index is 12.4. The van der Waals surface area contributed by atoms with Crippen LogP contribution in [0.5, 0.6) is 5.75 Å². The molecule has 0 radical (unpaired) electrons. The van der Waals surface area contributed by atoms with Crippen molar-refractivity contribution in [2.75, 3.05) is 18.5 Å². The van der Waals surface area contributed by atoms with E-state index in [1.807, 2.05) is 32.0 Å². The number of pyridine rings is 1. The van der Waals surface area contributed by atoms with Crippen molar-refractivity contribution in [1.82, 2.24) is 9.38 Å². The Bertz CT molecular complexity index is 994. The van der Waals surface area contributed by atoms with Crippen LogP contribution in [0.3, 0.4) is 0 Å². The number of nitrogens with zero attached hydrogens (tertiary/aromatic N) is 2. The summed E-state index contributed by atoms with van der Waals surface area (Å²) in [5, 5.41) is 2.71. The van der Waals surface area contributed by atoms with Crippen molar-refractivity contribution in [3.05, 3.63) is 59.4 Å². The molecule has 0 bridgehead atoms. The zero-order chi connectivity index (χ0) is 19.4. The molecule has 0 saturated heterocycles. The third-order valence-corrected chi connectivity index (χ3v) is 4.17. The molecule has 0 unspecified atom stereocenters. The molecule has 7 heteroatoms. The molecule has 27 heavy (non-hydrogen) atoms. The fourth-order valence-corrected chi connectivity index (χ4v) is 2.65. The Labute approximate surface area is 156 Å². The van der Waals surface area contributed by atoms with Gasteiger partial charge in [0.05, 0.1) is 6.61 Å². The number of benzene rings is 1. The van der Waals surface area contributed by atoms with Crippen molar-refractivity contribution in [2.45, 2.75) is 20.8 Å². The lowest BCUT2D eigenvalue weighted by Crippen LogP contribution is -2.23. The van der Waals surface area contributed by atoms with Crippen LogP contribution in [0.1, 0.15) is 28.5 Å². The minimum Gasteiger partial charge on any atom is -0.483 e. The van der Waals surface area contributed by atoms with E-state index < -0.39 is 11.9 Å². The fourth-order valence-electron chi connectivity index (χ4n) is 2.65. The molecule has 2 aromatic heterocycles. The van der Waals surface area contributed by atoms with Gasteiger partial charge in [0, 0.05) is 6.20 Å².